The number of nitrogens with zero attached hydrogens (tertiary/aromatic N) is 5. The summed E-state index contributed by atoms with van der Waals surface area (Å²) in [5.74, 6) is -0.460. The maximum atomic E-state index is 12.9. The summed E-state index contributed by atoms with van der Waals surface area (Å²) in [6.45, 7) is 0.291. The highest BCUT2D eigenvalue weighted by molar-refractivity contribution is 6.33. The summed E-state index contributed by atoms with van der Waals surface area (Å²) in [7, 11) is 1.44. The number of ether oxygens (including phenoxy) is 1. The molecule has 2 heterocycles. The first-order valence-electron chi connectivity index (χ1n) is 9.75. The van der Waals surface area contributed by atoms with E-state index in [1.54, 1.807) is 42.6 Å². The predicted molar refractivity (Wildman–Crippen MR) is 121 cm³/mol. The molecule has 0 spiro atoms. The highest BCUT2D eigenvalue weighted by Gasteiger charge is 2.18. The zero-order chi connectivity index (χ0) is 23.2. The number of halogens is 1. The van der Waals surface area contributed by atoms with E-state index in [-0.39, 0.29) is 22.2 Å². The van der Waals surface area contributed by atoms with Crippen LogP contribution >= 0.6 is 11.6 Å². The Morgan fingerprint density at radius 2 is 1.97 bits per heavy atom. The lowest BCUT2D eigenvalue weighted by Crippen LogP contribution is -2.23. The Bertz CT molecular complexity index is 1280. The molecule has 11 heteroatoms. The smallest absolute Gasteiger partial charge is 0.259 e. The minimum absolute atomic E-state index is 0.212. The molecule has 2 amide bonds. The molecule has 0 aliphatic heterocycles. The summed E-state index contributed by atoms with van der Waals surface area (Å²) < 4.78 is 6.72. The molecule has 2 aromatic carbocycles. The van der Waals surface area contributed by atoms with Crippen molar-refractivity contribution in [2.24, 2.45) is 0 Å². The Morgan fingerprint density at radius 1 is 1.09 bits per heavy atom. The van der Waals surface area contributed by atoms with Crippen molar-refractivity contribution in [3.8, 4) is 11.4 Å². The third-order valence-corrected chi connectivity index (χ3v) is 4.95. The molecule has 33 heavy (non-hydrogen) atoms. The van der Waals surface area contributed by atoms with Gasteiger partial charge in [0, 0.05) is 23.5 Å². The van der Waals surface area contributed by atoms with Crippen molar-refractivity contribution in [1.29, 1.82) is 0 Å². The Balaban J connectivity index is 1.49. The summed E-state index contributed by atoms with van der Waals surface area (Å²) >= 11 is 6.34. The lowest BCUT2D eigenvalue weighted by Gasteiger charge is -2.13. The normalized spacial score (nSPS) is 10.5. The van der Waals surface area contributed by atoms with Gasteiger partial charge in [0.25, 0.3) is 11.8 Å². The number of carbonyl (C=O) groups is 2. The van der Waals surface area contributed by atoms with Crippen LogP contribution in [-0.4, -0.2) is 44.1 Å². The van der Waals surface area contributed by atoms with Gasteiger partial charge in [0.05, 0.1) is 35.6 Å². The molecule has 166 valence electrons. The average Bonchev–Trinajstić information content (AvgIpc) is 3.38. The Kier molecular flexibility index (Phi) is 6.56. The molecule has 10 nitrogen and oxygen atoms in total. The molecule has 0 aliphatic carbocycles. The molecule has 0 bridgehead atoms. The minimum Gasteiger partial charge on any atom is -0.496 e. The number of nitrogens with one attached hydrogen (secondary N) is 2. The van der Waals surface area contributed by atoms with Gasteiger partial charge in [-0.15, -0.1) is 5.10 Å². The number of rotatable bonds is 7. The number of benzene rings is 2. The molecule has 4 aromatic rings. The summed E-state index contributed by atoms with van der Waals surface area (Å²) in [4.78, 5) is 29.6. The van der Waals surface area contributed by atoms with Crippen LogP contribution in [0, 0.1) is 0 Å². The van der Waals surface area contributed by atoms with Crippen LogP contribution in [0.5, 0.6) is 5.75 Å². The second-order valence-corrected chi connectivity index (χ2v) is 7.20. The number of aromatic nitrogens is 5. The Labute approximate surface area is 193 Å². The van der Waals surface area contributed by atoms with Crippen LogP contribution in [-0.2, 0) is 6.54 Å². The van der Waals surface area contributed by atoms with Gasteiger partial charge >= 0.3 is 0 Å². The van der Waals surface area contributed by atoms with E-state index in [0.717, 1.165) is 5.69 Å². The fraction of sp³-hybridized carbons (Fsp3) is 0.0909. The maximum Gasteiger partial charge on any atom is 0.259 e. The van der Waals surface area contributed by atoms with Gasteiger partial charge in [-0.25, -0.2) is 0 Å². The number of tetrazole rings is 1. The lowest BCUT2D eigenvalue weighted by molar-refractivity contribution is 0.0949. The second kappa shape index (κ2) is 9.88. The van der Waals surface area contributed by atoms with E-state index in [1.807, 2.05) is 12.1 Å². The third kappa shape index (κ3) is 5.13. The number of carbonyl (C=O) groups excluding carboxylic acids is 2. The van der Waals surface area contributed by atoms with Gasteiger partial charge in [-0.1, -0.05) is 23.7 Å². The van der Waals surface area contributed by atoms with Crippen LogP contribution < -0.4 is 15.4 Å². The van der Waals surface area contributed by atoms with Gasteiger partial charge in [0.1, 0.15) is 12.1 Å². The number of pyridine rings is 1. The van der Waals surface area contributed by atoms with Crippen molar-refractivity contribution in [3.63, 3.8) is 0 Å². The van der Waals surface area contributed by atoms with Crippen molar-refractivity contribution < 1.29 is 14.3 Å². The average molecular weight is 464 g/mol. The van der Waals surface area contributed by atoms with Crippen LogP contribution in [0.2, 0.25) is 5.02 Å². The van der Waals surface area contributed by atoms with Crippen molar-refractivity contribution in [2.45, 2.75) is 6.54 Å². The summed E-state index contributed by atoms with van der Waals surface area (Å²) in [6.07, 6.45) is 3.04. The quantitative estimate of drug-likeness (QED) is 0.431. The van der Waals surface area contributed by atoms with Crippen LogP contribution in [0.15, 0.2) is 67.1 Å². The van der Waals surface area contributed by atoms with E-state index in [4.69, 9.17) is 16.3 Å². The molecule has 0 aliphatic rings. The molecular formula is C22H18ClN7O3. The third-order valence-electron chi connectivity index (χ3n) is 4.65. The highest BCUT2D eigenvalue weighted by atomic mass is 35.5. The van der Waals surface area contributed by atoms with E-state index >= 15 is 0 Å². The molecule has 4 rings (SSSR count). The van der Waals surface area contributed by atoms with Gasteiger partial charge in [0.2, 0.25) is 0 Å². The zero-order valence-corrected chi connectivity index (χ0v) is 18.2. The number of hydrogen-bond donors (Lipinski definition) is 2. The monoisotopic (exact) mass is 463 g/mol. The van der Waals surface area contributed by atoms with Gasteiger partial charge in [0.15, 0.2) is 0 Å². The molecule has 2 N–H and O–H groups in total. The first-order valence-corrected chi connectivity index (χ1v) is 10.1. The fourth-order valence-corrected chi connectivity index (χ4v) is 3.30. The SMILES string of the molecule is COc1cc(-n2cnnn2)c(Cl)cc1C(=O)Nc1cccc(C(=O)NCc2ccccn2)c1. The largest absolute Gasteiger partial charge is 0.496 e. The first-order chi connectivity index (χ1) is 16.0. The van der Waals surface area contributed by atoms with Gasteiger partial charge in [-0.3, -0.25) is 14.6 Å². The number of methoxy groups -OCH3 is 1. The van der Waals surface area contributed by atoms with Gasteiger partial charge in [-0.05, 0) is 46.8 Å². The summed E-state index contributed by atoms with van der Waals surface area (Å²) in [5, 5.41) is 16.8. The van der Waals surface area contributed by atoms with E-state index in [9.17, 15) is 9.59 Å². The topological polar surface area (TPSA) is 124 Å². The molecule has 0 unspecified atom stereocenters. The number of hydrogen-bond acceptors (Lipinski definition) is 7. The number of anilines is 1. The van der Waals surface area contributed by atoms with E-state index in [0.29, 0.717) is 23.5 Å². The van der Waals surface area contributed by atoms with Crippen molar-refractivity contribution in [3.05, 3.63) is 89.0 Å². The lowest BCUT2D eigenvalue weighted by atomic mass is 10.1. The van der Waals surface area contributed by atoms with Crippen LogP contribution in [0.1, 0.15) is 26.4 Å². The van der Waals surface area contributed by atoms with Crippen molar-refractivity contribution in [2.75, 3.05) is 12.4 Å². The maximum absolute atomic E-state index is 12.9. The van der Waals surface area contributed by atoms with Gasteiger partial charge in [-0.2, -0.15) is 4.68 Å². The van der Waals surface area contributed by atoms with Crippen LogP contribution in [0.25, 0.3) is 5.69 Å². The predicted octanol–water partition coefficient (Wildman–Crippen LogP) is 2.90. The molecule has 0 saturated heterocycles. The summed E-state index contributed by atoms with van der Waals surface area (Å²) in [6, 6.07) is 15.1. The van der Waals surface area contributed by atoms with E-state index < -0.39 is 5.91 Å². The Morgan fingerprint density at radius 3 is 2.70 bits per heavy atom. The molecule has 0 fully saturated rings. The Hall–Kier alpha value is -4.31. The van der Waals surface area contributed by atoms with Crippen LogP contribution in [0.3, 0.4) is 0 Å². The van der Waals surface area contributed by atoms with E-state index in [1.165, 1.54) is 24.2 Å². The van der Waals surface area contributed by atoms with Crippen LogP contribution in [0.4, 0.5) is 5.69 Å². The molecular weight excluding hydrogens is 446 g/mol. The molecule has 2 aromatic heterocycles. The second-order valence-electron chi connectivity index (χ2n) is 6.80. The first kappa shape index (κ1) is 21.9. The molecule has 0 saturated carbocycles. The zero-order valence-electron chi connectivity index (χ0n) is 17.4. The molecule has 0 radical (unpaired) electrons. The standard InChI is InChI=1S/C22H18ClN7O3/c1-33-20-11-19(30-13-26-28-29-30)18(23)10-17(20)22(32)27-15-7-4-5-14(9-15)21(31)25-12-16-6-2-3-8-24-16/h2-11,13H,12H2,1H3,(H,25,31)(H,27,32). The minimum atomic E-state index is -0.456. The van der Waals surface area contributed by atoms with Crippen molar-refractivity contribution in [1.82, 2.24) is 30.5 Å². The van der Waals surface area contributed by atoms with E-state index in [2.05, 4.69) is 31.1 Å². The summed E-state index contributed by atoms with van der Waals surface area (Å²) in [5.41, 5.74) is 2.24. The number of amides is 2. The van der Waals surface area contributed by atoms with Crippen molar-refractivity contribution >= 4 is 29.1 Å². The molecule has 0 atom stereocenters. The highest BCUT2D eigenvalue weighted by Crippen LogP contribution is 2.30. The fourth-order valence-electron chi connectivity index (χ4n) is 3.05. The van der Waals surface area contributed by atoms with Gasteiger partial charge < -0.3 is 15.4 Å².